The second-order valence-corrected chi connectivity index (χ2v) is 18.1. The van der Waals surface area contributed by atoms with Gasteiger partial charge in [-0.3, -0.25) is 9.36 Å². The maximum atomic E-state index is 14.1. The van der Waals surface area contributed by atoms with E-state index in [1.54, 1.807) is 44.2 Å². The number of nitriles is 1. The SMILES string of the molecule is COc1ccc(C(OC[C@H]2O[C@@H](n3cc4cc(-c5cccc(NC(=O)C(F)(F)F)c5)n(C)c4nc3=O)C[C@@H]2OP(OCCC#N)N(C(C)C)C(C)C)(c2ccccc2)c2ccc(OC)cc2)cc1. The Morgan fingerprint density at radius 1 is 0.912 bits per heavy atom. The topological polar surface area (TPSA) is 151 Å². The molecule has 0 saturated carbocycles. The largest absolute Gasteiger partial charge is 0.497 e. The smallest absolute Gasteiger partial charge is 0.471 e. The highest BCUT2D eigenvalue weighted by Gasteiger charge is 2.45. The zero-order valence-electron chi connectivity index (χ0n) is 38.8. The van der Waals surface area contributed by atoms with Crippen LogP contribution in [0.1, 0.15) is 63.5 Å². The van der Waals surface area contributed by atoms with Gasteiger partial charge >= 0.3 is 17.8 Å². The van der Waals surface area contributed by atoms with Gasteiger partial charge in [0.1, 0.15) is 35.1 Å². The summed E-state index contributed by atoms with van der Waals surface area (Å²) >= 11 is 0. The molecule has 1 unspecified atom stereocenters. The Hall–Kier alpha value is -6.12. The summed E-state index contributed by atoms with van der Waals surface area (Å²) < 4.78 is 83.1. The van der Waals surface area contributed by atoms with E-state index in [0.717, 1.165) is 16.7 Å². The first-order valence-electron chi connectivity index (χ1n) is 22.0. The predicted molar refractivity (Wildman–Crippen MR) is 252 cm³/mol. The summed E-state index contributed by atoms with van der Waals surface area (Å²) in [5, 5.41) is 11.9. The number of carbonyl (C=O) groups is 1. The molecule has 18 heteroatoms. The van der Waals surface area contributed by atoms with E-state index < -0.39 is 50.3 Å². The molecular weight excluding hydrogens is 901 g/mol. The van der Waals surface area contributed by atoms with Crippen molar-refractivity contribution in [3.63, 3.8) is 0 Å². The number of amides is 1. The van der Waals surface area contributed by atoms with Crippen LogP contribution in [0, 0.1) is 11.3 Å². The lowest BCUT2D eigenvalue weighted by Crippen LogP contribution is -2.39. The van der Waals surface area contributed by atoms with E-state index in [-0.39, 0.29) is 43.8 Å². The number of rotatable bonds is 19. The van der Waals surface area contributed by atoms with Crippen molar-refractivity contribution in [1.29, 1.82) is 5.26 Å². The summed E-state index contributed by atoms with van der Waals surface area (Å²) in [6.07, 6.45) is -5.52. The zero-order valence-corrected chi connectivity index (χ0v) is 39.7. The van der Waals surface area contributed by atoms with Crippen LogP contribution in [0.4, 0.5) is 18.9 Å². The van der Waals surface area contributed by atoms with Crippen LogP contribution in [0.25, 0.3) is 22.3 Å². The van der Waals surface area contributed by atoms with Crippen LogP contribution in [0.3, 0.4) is 0 Å². The molecule has 0 aliphatic carbocycles. The molecule has 1 saturated heterocycles. The molecule has 68 heavy (non-hydrogen) atoms. The summed E-state index contributed by atoms with van der Waals surface area (Å²) in [5.41, 5.74) is 1.87. The third-order valence-corrected chi connectivity index (χ3v) is 13.8. The lowest BCUT2D eigenvalue weighted by atomic mass is 9.80. The van der Waals surface area contributed by atoms with Gasteiger partial charge < -0.3 is 37.9 Å². The first-order chi connectivity index (χ1) is 32.6. The molecule has 4 aromatic carbocycles. The highest BCUT2D eigenvalue weighted by atomic mass is 31.2. The molecular formula is C50H54F3N6O8P. The number of nitrogens with one attached hydrogen (secondary N) is 1. The quantitative estimate of drug-likeness (QED) is 0.0469. The normalized spacial score (nSPS) is 16.9. The Labute approximate surface area is 394 Å². The third kappa shape index (κ3) is 10.8. The van der Waals surface area contributed by atoms with Gasteiger partial charge in [-0.2, -0.15) is 23.4 Å². The maximum absolute atomic E-state index is 14.1. The minimum absolute atomic E-state index is 0.00463. The van der Waals surface area contributed by atoms with Crippen LogP contribution in [-0.2, 0) is 36.0 Å². The van der Waals surface area contributed by atoms with Crippen molar-refractivity contribution in [2.24, 2.45) is 7.05 Å². The number of halogens is 3. The number of methoxy groups -OCH3 is 2. The van der Waals surface area contributed by atoms with E-state index in [1.807, 2.05) is 112 Å². The standard InChI is InChI=1S/C50H54F3N6O8P/c1-32(2)59(33(3)4)68(65-26-12-25-54)67-43-29-45(58-30-35-28-42(57(5)46(35)56-48(58)61)34-13-11-16-39(27-34)55-47(60)50(51,52)53)66-44(43)31-64-49(36-14-9-8-10-15-36,37-17-21-40(62-6)22-18-37)38-19-23-41(63-7)24-20-38/h8-11,13-24,27-28,30,32-33,43-45H,12,26,29,31H2,1-7H3,(H,55,60)/t43-,44+,45+,68?/m0/s1. The summed E-state index contributed by atoms with van der Waals surface area (Å²) in [6, 6.07) is 35.0. The number of alkyl halides is 3. The van der Waals surface area contributed by atoms with Crippen LogP contribution >= 0.6 is 8.53 Å². The Morgan fingerprint density at radius 2 is 1.53 bits per heavy atom. The van der Waals surface area contributed by atoms with Gasteiger partial charge in [0.2, 0.25) is 0 Å². The van der Waals surface area contributed by atoms with E-state index in [1.165, 1.54) is 22.8 Å². The summed E-state index contributed by atoms with van der Waals surface area (Å²) in [5.74, 6) is -0.771. The highest BCUT2D eigenvalue weighted by molar-refractivity contribution is 7.44. The van der Waals surface area contributed by atoms with Crippen molar-refractivity contribution in [3.05, 3.63) is 143 Å². The van der Waals surface area contributed by atoms with Crippen molar-refractivity contribution >= 4 is 31.2 Å². The molecule has 1 aliphatic rings. The van der Waals surface area contributed by atoms with Gasteiger partial charge in [0, 0.05) is 48.4 Å². The second kappa shape index (κ2) is 21.5. The van der Waals surface area contributed by atoms with E-state index in [2.05, 4.69) is 15.7 Å². The van der Waals surface area contributed by atoms with Crippen LogP contribution in [0.15, 0.2) is 120 Å². The minimum Gasteiger partial charge on any atom is -0.497 e. The van der Waals surface area contributed by atoms with Gasteiger partial charge in [-0.1, -0.05) is 66.7 Å². The number of hydrogen-bond donors (Lipinski definition) is 1. The lowest BCUT2D eigenvalue weighted by molar-refractivity contribution is -0.167. The average Bonchev–Trinajstić information content (AvgIpc) is 3.88. The molecule has 7 rings (SSSR count). The number of nitrogens with zero attached hydrogens (tertiary/aromatic N) is 5. The average molecular weight is 955 g/mol. The summed E-state index contributed by atoms with van der Waals surface area (Å²) in [7, 11) is 3.12. The Bertz CT molecular complexity index is 2710. The van der Waals surface area contributed by atoms with E-state index in [4.69, 9.17) is 28.0 Å². The fourth-order valence-corrected chi connectivity index (χ4v) is 10.2. The van der Waals surface area contributed by atoms with Gasteiger partial charge in [-0.25, -0.2) is 9.46 Å². The Morgan fingerprint density at radius 3 is 2.10 bits per heavy atom. The molecule has 2 aromatic heterocycles. The number of aromatic nitrogens is 3. The van der Waals surface area contributed by atoms with Crippen molar-refractivity contribution in [2.45, 2.75) is 82.8 Å². The molecule has 1 amide bonds. The third-order valence-electron chi connectivity index (χ3n) is 11.6. The van der Waals surface area contributed by atoms with Crippen molar-refractivity contribution in [3.8, 4) is 28.8 Å². The number of benzene rings is 4. The van der Waals surface area contributed by atoms with Crippen LogP contribution < -0.4 is 20.5 Å². The molecule has 0 spiro atoms. The molecule has 4 atom stereocenters. The van der Waals surface area contributed by atoms with Crippen LogP contribution in [-0.4, -0.2) is 82.6 Å². The molecule has 0 bridgehead atoms. The van der Waals surface area contributed by atoms with Crippen LogP contribution in [0.5, 0.6) is 11.5 Å². The zero-order chi connectivity index (χ0) is 48.8. The maximum Gasteiger partial charge on any atom is 0.471 e. The van der Waals surface area contributed by atoms with Crippen molar-refractivity contribution in [1.82, 2.24) is 18.8 Å². The Balaban J connectivity index is 1.30. The molecule has 3 heterocycles. The van der Waals surface area contributed by atoms with Gasteiger partial charge in [0.15, 0.2) is 0 Å². The van der Waals surface area contributed by atoms with E-state index in [9.17, 15) is 28.0 Å². The molecule has 6 aromatic rings. The fourth-order valence-electron chi connectivity index (χ4n) is 8.47. The number of fused-ring (bicyclic) bond motifs is 1. The second-order valence-electron chi connectivity index (χ2n) is 16.7. The van der Waals surface area contributed by atoms with E-state index >= 15 is 0 Å². The van der Waals surface area contributed by atoms with Crippen molar-refractivity contribution < 1.29 is 46.0 Å². The Kier molecular flexibility index (Phi) is 15.7. The van der Waals surface area contributed by atoms with Gasteiger partial charge in [-0.05, 0) is 86.8 Å². The number of carbonyl (C=O) groups excluding carboxylic acids is 1. The summed E-state index contributed by atoms with van der Waals surface area (Å²) in [6.45, 7) is 8.27. The minimum atomic E-state index is -5.07. The predicted octanol–water partition coefficient (Wildman–Crippen LogP) is 9.88. The van der Waals surface area contributed by atoms with Gasteiger partial charge in [0.05, 0.1) is 51.7 Å². The number of aryl methyl sites for hydroxylation is 1. The first kappa shape index (κ1) is 49.8. The molecule has 1 aliphatic heterocycles. The lowest BCUT2D eigenvalue weighted by Gasteiger charge is -2.39. The van der Waals surface area contributed by atoms with Crippen molar-refractivity contribution in [2.75, 3.05) is 32.8 Å². The monoisotopic (exact) mass is 954 g/mol. The van der Waals surface area contributed by atoms with Gasteiger partial charge in [0.25, 0.3) is 8.53 Å². The first-order valence-corrected chi connectivity index (χ1v) is 23.2. The molecule has 0 radical (unpaired) electrons. The number of ether oxygens (including phenoxy) is 4. The molecule has 1 N–H and O–H groups in total. The molecule has 358 valence electrons. The highest BCUT2D eigenvalue weighted by Crippen LogP contribution is 2.51. The van der Waals surface area contributed by atoms with Gasteiger partial charge in [-0.15, -0.1) is 0 Å². The number of anilines is 1. The molecule has 1 fully saturated rings. The molecule has 14 nitrogen and oxygen atoms in total. The summed E-state index contributed by atoms with van der Waals surface area (Å²) in [4.78, 5) is 30.3. The van der Waals surface area contributed by atoms with Crippen LogP contribution in [0.2, 0.25) is 0 Å². The number of hydrogen-bond acceptors (Lipinski definition) is 11. The fraction of sp³-hybridized carbons (Fsp3) is 0.360. The van der Waals surface area contributed by atoms with E-state index in [0.29, 0.717) is 33.8 Å².